The molecule has 0 fully saturated rings. The maximum atomic E-state index is 11.4. The molecular weight excluding hydrogens is 371 g/mol. The van der Waals surface area contributed by atoms with E-state index in [9.17, 15) is 18.1 Å². The molecule has 0 spiro atoms. The summed E-state index contributed by atoms with van der Waals surface area (Å²) in [5.74, 6) is 0. The van der Waals surface area contributed by atoms with E-state index < -0.39 is 21.5 Å². The summed E-state index contributed by atoms with van der Waals surface area (Å²) in [7, 11) is -4.41. The molecule has 6 heteroatoms. The summed E-state index contributed by atoms with van der Waals surface area (Å²) in [6.45, 7) is 4.27. The minimum atomic E-state index is -4.41. The van der Waals surface area contributed by atoms with E-state index in [2.05, 4.69) is 6.92 Å². The van der Waals surface area contributed by atoms with Gasteiger partial charge in [0.25, 0.3) is 0 Å². The van der Waals surface area contributed by atoms with Gasteiger partial charge in [-0.05, 0) is 12.8 Å². The molecule has 0 aromatic heterocycles. The van der Waals surface area contributed by atoms with E-state index in [1.807, 2.05) is 6.92 Å². The van der Waals surface area contributed by atoms with Crippen molar-refractivity contribution in [3.05, 3.63) is 0 Å². The Kier molecular flexibility index (Phi) is 22.4. The van der Waals surface area contributed by atoms with Crippen LogP contribution < -0.4 is 29.6 Å². The van der Waals surface area contributed by atoms with Crippen LogP contribution in [0.15, 0.2) is 0 Å². The van der Waals surface area contributed by atoms with Gasteiger partial charge in [0.15, 0.2) is 0 Å². The van der Waals surface area contributed by atoms with Gasteiger partial charge in [0.1, 0.15) is 10.1 Å². The molecule has 2 unspecified atom stereocenters. The van der Waals surface area contributed by atoms with Gasteiger partial charge in [-0.1, -0.05) is 110 Å². The molecule has 0 aromatic carbocycles. The SMILES string of the molecule is CCCCCCCCCCCCCCC(O)C(CCCCC)S(=O)(=O)[O-].[Na+]. The van der Waals surface area contributed by atoms with Gasteiger partial charge in [-0.15, -0.1) is 0 Å². The van der Waals surface area contributed by atoms with E-state index in [1.54, 1.807) is 0 Å². The Morgan fingerprint density at radius 3 is 1.41 bits per heavy atom. The van der Waals surface area contributed by atoms with Crippen LogP contribution in [0.3, 0.4) is 0 Å². The largest absolute Gasteiger partial charge is 1.00 e. The molecule has 0 amide bonds. The molecule has 0 radical (unpaired) electrons. The fourth-order valence-corrected chi connectivity index (χ4v) is 4.48. The van der Waals surface area contributed by atoms with Gasteiger partial charge < -0.3 is 9.66 Å². The smallest absolute Gasteiger partial charge is 0.748 e. The van der Waals surface area contributed by atoms with Crippen molar-refractivity contribution in [2.75, 3.05) is 0 Å². The second-order valence-corrected chi connectivity index (χ2v) is 9.36. The van der Waals surface area contributed by atoms with Crippen molar-refractivity contribution >= 4 is 10.1 Å². The fourth-order valence-electron chi connectivity index (χ4n) is 3.50. The average Bonchev–Trinajstić information content (AvgIpc) is 2.58. The second-order valence-electron chi connectivity index (χ2n) is 7.77. The van der Waals surface area contributed by atoms with Crippen LogP contribution in [0.25, 0.3) is 0 Å². The number of hydrogen-bond acceptors (Lipinski definition) is 4. The number of hydrogen-bond donors (Lipinski definition) is 1. The van der Waals surface area contributed by atoms with E-state index in [4.69, 9.17) is 0 Å². The number of unbranched alkanes of at least 4 members (excludes halogenated alkanes) is 13. The fraction of sp³-hybridized carbons (Fsp3) is 1.00. The normalized spacial score (nSPS) is 13.9. The van der Waals surface area contributed by atoms with Crippen LogP contribution in [0.2, 0.25) is 0 Å². The molecular formula is C21H43NaO4S. The van der Waals surface area contributed by atoms with Crippen LogP contribution in [0, 0.1) is 0 Å². The van der Waals surface area contributed by atoms with Gasteiger partial charge in [0, 0.05) is 0 Å². The third-order valence-corrected chi connectivity index (χ3v) is 6.54. The molecule has 1 N–H and O–H groups in total. The van der Waals surface area contributed by atoms with E-state index in [0.29, 0.717) is 19.3 Å². The number of rotatable bonds is 19. The number of aliphatic hydroxyl groups is 1. The van der Waals surface area contributed by atoms with Crippen molar-refractivity contribution in [2.45, 2.75) is 134 Å². The van der Waals surface area contributed by atoms with Gasteiger partial charge in [-0.2, -0.15) is 0 Å². The Balaban J connectivity index is 0. The minimum absolute atomic E-state index is 0. The van der Waals surface area contributed by atoms with Gasteiger partial charge >= 0.3 is 29.6 Å². The Hall–Kier alpha value is 0.870. The molecule has 0 rings (SSSR count). The first-order valence-electron chi connectivity index (χ1n) is 11.1. The molecule has 0 saturated heterocycles. The van der Waals surface area contributed by atoms with Gasteiger partial charge in [0.05, 0.1) is 11.4 Å². The molecule has 0 aliphatic rings. The second kappa shape index (κ2) is 20.2. The third-order valence-electron chi connectivity index (χ3n) is 5.25. The molecule has 0 heterocycles. The van der Waals surface area contributed by atoms with Gasteiger partial charge in [0.2, 0.25) is 0 Å². The van der Waals surface area contributed by atoms with Crippen molar-refractivity contribution < 1.29 is 47.6 Å². The zero-order valence-electron chi connectivity index (χ0n) is 18.3. The van der Waals surface area contributed by atoms with Crippen LogP contribution in [0.1, 0.15) is 123 Å². The van der Waals surface area contributed by atoms with Crippen molar-refractivity contribution in [2.24, 2.45) is 0 Å². The van der Waals surface area contributed by atoms with E-state index in [0.717, 1.165) is 32.1 Å². The predicted octanol–water partition coefficient (Wildman–Crippen LogP) is 2.94. The van der Waals surface area contributed by atoms with Crippen molar-refractivity contribution in [1.82, 2.24) is 0 Å². The molecule has 0 aliphatic carbocycles. The van der Waals surface area contributed by atoms with E-state index >= 15 is 0 Å². The monoisotopic (exact) mass is 414 g/mol. The first-order valence-corrected chi connectivity index (χ1v) is 12.5. The van der Waals surface area contributed by atoms with Gasteiger partial charge in [-0.3, -0.25) is 0 Å². The molecule has 27 heavy (non-hydrogen) atoms. The quantitative estimate of drug-likeness (QED) is 0.200. The summed E-state index contributed by atoms with van der Waals surface area (Å²) in [4.78, 5) is 0. The minimum Gasteiger partial charge on any atom is -0.748 e. The maximum Gasteiger partial charge on any atom is 1.00 e. The van der Waals surface area contributed by atoms with Gasteiger partial charge in [-0.25, -0.2) is 8.42 Å². The van der Waals surface area contributed by atoms with Crippen molar-refractivity contribution in [3.8, 4) is 0 Å². The first kappa shape index (κ1) is 30.1. The van der Waals surface area contributed by atoms with E-state index in [-0.39, 0.29) is 29.6 Å². The molecule has 4 nitrogen and oxygen atoms in total. The Morgan fingerprint density at radius 1 is 0.667 bits per heavy atom. The molecule has 0 aromatic rings. The summed E-state index contributed by atoms with van der Waals surface area (Å²) < 4.78 is 34.1. The number of aliphatic hydroxyl groups excluding tert-OH is 1. The Morgan fingerprint density at radius 2 is 1.00 bits per heavy atom. The summed E-state index contributed by atoms with van der Waals surface area (Å²) >= 11 is 0. The molecule has 2 atom stereocenters. The zero-order valence-corrected chi connectivity index (χ0v) is 21.1. The Labute approximate surface area is 191 Å². The third kappa shape index (κ3) is 18.6. The van der Waals surface area contributed by atoms with Crippen LogP contribution in [-0.4, -0.2) is 29.4 Å². The molecule has 158 valence electrons. The first-order chi connectivity index (χ1) is 12.4. The molecule has 0 bridgehead atoms. The van der Waals surface area contributed by atoms with Crippen molar-refractivity contribution in [3.63, 3.8) is 0 Å². The standard InChI is InChI=1S/C21H44O4S.Na/c1-3-5-7-8-9-10-11-12-13-14-15-17-18-20(22)21(26(23,24)25)19-16-6-4-2;/h20-22H,3-19H2,1-2H3,(H,23,24,25);/q;+1/p-1. The summed E-state index contributed by atoms with van der Waals surface area (Å²) in [6, 6.07) is 0. The average molecular weight is 415 g/mol. The predicted molar refractivity (Wildman–Crippen MR) is 109 cm³/mol. The Bertz CT molecular complexity index is 401. The molecule has 0 aliphatic heterocycles. The van der Waals surface area contributed by atoms with Crippen LogP contribution in [0.4, 0.5) is 0 Å². The van der Waals surface area contributed by atoms with Crippen LogP contribution in [-0.2, 0) is 10.1 Å². The zero-order chi connectivity index (χ0) is 19.7. The van der Waals surface area contributed by atoms with Crippen LogP contribution >= 0.6 is 0 Å². The van der Waals surface area contributed by atoms with Crippen LogP contribution in [0.5, 0.6) is 0 Å². The summed E-state index contributed by atoms with van der Waals surface area (Å²) in [5.41, 5.74) is 0. The summed E-state index contributed by atoms with van der Waals surface area (Å²) in [6.07, 6.45) is 17.1. The topological polar surface area (TPSA) is 77.4 Å². The summed E-state index contributed by atoms with van der Waals surface area (Å²) in [5, 5.41) is 9.00. The van der Waals surface area contributed by atoms with E-state index in [1.165, 1.54) is 57.8 Å². The maximum absolute atomic E-state index is 11.4. The van der Waals surface area contributed by atoms with Crippen molar-refractivity contribution in [1.29, 1.82) is 0 Å². The molecule has 0 saturated carbocycles.